The maximum Gasteiger partial charge on any atom is 0.208 e. The van der Waals surface area contributed by atoms with Crippen LogP contribution < -0.4 is 15.8 Å². The van der Waals surface area contributed by atoms with Crippen LogP contribution in [-0.4, -0.2) is 44.7 Å². The number of aliphatic imine (C=N–C) groups is 1. The Morgan fingerprint density at radius 1 is 1.43 bits per heavy atom. The highest BCUT2D eigenvalue weighted by molar-refractivity contribution is 7.88. The molecule has 1 heterocycles. The molecule has 0 radical (unpaired) electrons. The number of sulfonamides is 1. The Hall–Kier alpha value is -1.67. The molecule has 0 amide bonds. The minimum Gasteiger partial charge on any atom is -0.370 e. The van der Waals surface area contributed by atoms with Gasteiger partial charge in [0.2, 0.25) is 10.0 Å². The number of aromatic nitrogens is 1. The summed E-state index contributed by atoms with van der Waals surface area (Å²) in [5.41, 5.74) is 6.87. The van der Waals surface area contributed by atoms with E-state index in [9.17, 15) is 8.42 Å². The third kappa shape index (κ3) is 6.54. The number of guanidine groups is 1. The molecule has 8 heteroatoms. The predicted molar refractivity (Wildman–Crippen MR) is 91.5 cm³/mol. The van der Waals surface area contributed by atoms with Crippen LogP contribution in [0.3, 0.4) is 0 Å². The van der Waals surface area contributed by atoms with Gasteiger partial charge >= 0.3 is 0 Å². The number of pyridine rings is 1. The van der Waals surface area contributed by atoms with Crippen LogP contribution in [0.2, 0.25) is 0 Å². The highest BCUT2D eigenvalue weighted by Gasteiger charge is 2.29. The van der Waals surface area contributed by atoms with E-state index >= 15 is 0 Å². The molecular formula is C15H25N5O2S. The second-order valence-corrected chi connectivity index (χ2v) is 7.69. The zero-order valence-corrected chi connectivity index (χ0v) is 14.2. The van der Waals surface area contributed by atoms with Crippen LogP contribution in [-0.2, 0) is 16.4 Å². The summed E-state index contributed by atoms with van der Waals surface area (Å²) < 4.78 is 25.4. The van der Waals surface area contributed by atoms with Crippen LogP contribution in [0, 0.1) is 5.92 Å². The zero-order valence-electron chi connectivity index (χ0n) is 13.4. The van der Waals surface area contributed by atoms with Crippen molar-refractivity contribution in [2.24, 2.45) is 16.6 Å². The highest BCUT2D eigenvalue weighted by atomic mass is 32.2. The van der Waals surface area contributed by atoms with Crippen molar-refractivity contribution in [3.8, 4) is 0 Å². The number of nitrogens with one attached hydrogen (secondary N) is 2. The van der Waals surface area contributed by atoms with E-state index in [1.165, 1.54) is 6.26 Å². The molecule has 2 rings (SSSR count). The number of hydrogen-bond donors (Lipinski definition) is 3. The Morgan fingerprint density at radius 2 is 2.26 bits per heavy atom. The van der Waals surface area contributed by atoms with E-state index < -0.39 is 10.0 Å². The first kappa shape index (κ1) is 17.7. The Balaban J connectivity index is 1.75. The molecule has 2 atom stereocenters. The Bertz CT molecular complexity index is 618. The highest BCUT2D eigenvalue weighted by Crippen LogP contribution is 2.26. The summed E-state index contributed by atoms with van der Waals surface area (Å²) in [5, 5.41) is 3.07. The molecule has 1 aromatic rings. The van der Waals surface area contributed by atoms with Crippen molar-refractivity contribution in [2.45, 2.75) is 31.7 Å². The van der Waals surface area contributed by atoms with Gasteiger partial charge in [-0.1, -0.05) is 12.5 Å². The lowest BCUT2D eigenvalue weighted by atomic mass is 10.1. The van der Waals surface area contributed by atoms with Gasteiger partial charge < -0.3 is 11.1 Å². The Morgan fingerprint density at radius 3 is 2.96 bits per heavy atom. The van der Waals surface area contributed by atoms with E-state index in [2.05, 4.69) is 20.0 Å². The number of nitrogens with two attached hydrogens (primary N) is 1. The van der Waals surface area contributed by atoms with Gasteiger partial charge in [-0.3, -0.25) is 9.98 Å². The average molecular weight is 339 g/mol. The second kappa shape index (κ2) is 8.26. The largest absolute Gasteiger partial charge is 0.370 e. The molecule has 23 heavy (non-hydrogen) atoms. The Labute approximate surface area is 137 Å². The van der Waals surface area contributed by atoms with Crippen molar-refractivity contribution in [3.05, 3.63) is 30.1 Å². The lowest BCUT2D eigenvalue weighted by Gasteiger charge is -2.18. The van der Waals surface area contributed by atoms with Gasteiger partial charge in [0.15, 0.2) is 5.96 Å². The van der Waals surface area contributed by atoms with Crippen LogP contribution >= 0.6 is 0 Å². The van der Waals surface area contributed by atoms with E-state index in [4.69, 9.17) is 5.73 Å². The zero-order chi connectivity index (χ0) is 16.7. The average Bonchev–Trinajstić information content (AvgIpc) is 2.91. The molecule has 0 spiro atoms. The topological polar surface area (TPSA) is 109 Å². The standard InChI is InChI=1S/C15H25N5O2S/c1-23(21,22)20-14-7-4-5-12(14)11-19-15(16)18-10-8-13-6-2-3-9-17-13/h2-3,6,9,12,14,20H,4-5,7-8,10-11H2,1H3,(H3,16,18,19). The summed E-state index contributed by atoms with van der Waals surface area (Å²) in [6, 6.07) is 5.77. The molecule has 4 N–H and O–H groups in total. The van der Waals surface area contributed by atoms with Crippen LogP contribution in [0.4, 0.5) is 0 Å². The fraction of sp³-hybridized carbons (Fsp3) is 0.600. The molecule has 7 nitrogen and oxygen atoms in total. The maximum atomic E-state index is 11.4. The van der Waals surface area contributed by atoms with Crippen molar-refractivity contribution in [1.29, 1.82) is 0 Å². The molecule has 0 aromatic carbocycles. The quantitative estimate of drug-likeness (QED) is 0.487. The first-order chi connectivity index (χ1) is 10.9. The van der Waals surface area contributed by atoms with Gasteiger partial charge in [0, 0.05) is 37.4 Å². The normalized spacial score (nSPS) is 22.2. The van der Waals surface area contributed by atoms with Crippen LogP contribution in [0.15, 0.2) is 29.4 Å². The molecule has 128 valence electrons. The SMILES string of the molecule is CS(=O)(=O)NC1CCCC1CN=C(N)NCCc1ccccn1. The molecule has 1 aromatic heterocycles. The molecule has 1 aliphatic rings. The number of hydrogen-bond acceptors (Lipinski definition) is 4. The monoisotopic (exact) mass is 339 g/mol. The lowest BCUT2D eigenvalue weighted by molar-refractivity contribution is 0.454. The van der Waals surface area contributed by atoms with Crippen molar-refractivity contribution in [2.75, 3.05) is 19.3 Å². The van der Waals surface area contributed by atoms with Gasteiger partial charge in [-0.2, -0.15) is 0 Å². The van der Waals surface area contributed by atoms with Crippen molar-refractivity contribution in [3.63, 3.8) is 0 Å². The van der Waals surface area contributed by atoms with E-state index in [1.54, 1.807) is 6.20 Å². The van der Waals surface area contributed by atoms with Gasteiger partial charge in [-0.25, -0.2) is 13.1 Å². The van der Waals surface area contributed by atoms with Gasteiger partial charge in [0.25, 0.3) is 0 Å². The lowest BCUT2D eigenvalue weighted by Crippen LogP contribution is -2.38. The summed E-state index contributed by atoms with van der Waals surface area (Å²) in [6.45, 7) is 1.21. The number of nitrogens with zero attached hydrogens (tertiary/aromatic N) is 2. The van der Waals surface area contributed by atoms with E-state index in [0.29, 0.717) is 19.0 Å². The van der Waals surface area contributed by atoms with Gasteiger partial charge in [-0.05, 0) is 30.9 Å². The molecule has 1 fully saturated rings. The summed E-state index contributed by atoms with van der Waals surface area (Å²) in [7, 11) is -3.18. The first-order valence-corrected chi connectivity index (χ1v) is 9.74. The third-order valence-corrected chi connectivity index (χ3v) is 4.66. The molecule has 0 aliphatic heterocycles. The van der Waals surface area contributed by atoms with Crippen molar-refractivity contribution < 1.29 is 8.42 Å². The maximum absolute atomic E-state index is 11.4. The summed E-state index contributed by atoms with van der Waals surface area (Å²) in [4.78, 5) is 8.59. The Kier molecular flexibility index (Phi) is 6.35. The summed E-state index contributed by atoms with van der Waals surface area (Å²) in [5.74, 6) is 0.604. The minimum absolute atomic E-state index is 0.0323. The second-order valence-electron chi connectivity index (χ2n) is 5.91. The smallest absolute Gasteiger partial charge is 0.208 e. The molecule has 0 bridgehead atoms. The molecule has 1 aliphatic carbocycles. The van der Waals surface area contributed by atoms with E-state index in [1.807, 2.05) is 18.2 Å². The van der Waals surface area contributed by atoms with Gasteiger partial charge in [0.1, 0.15) is 0 Å². The summed E-state index contributed by atoms with van der Waals surface area (Å²) in [6.07, 6.45) is 6.58. The van der Waals surface area contributed by atoms with E-state index in [0.717, 1.165) is 31.4 Å². The third-order valence-electron chi connectivity index (χ3n) is 3.93. The molecule has 0 saturated heterocycles. The van der Waals surface area contributed by atoms with Gasteiger partial charge in [0.05, 0.1) is 6.26 Å². The minimum atomic E-state index is -3.18. The van der Waals surface area contributed by atoms with E-state index in [-0.39, 0.29) is 12.0 Å². The van der Waals surface area contributed by atoms with Gasteiger partial charge in [-0.15, -0.1) is 0 Å². The molecule has 2 unspecified atom stereocenters. The van der Waals surface area contributed by atoms with Crippen LogP contribution in [0.25, 0.3) is 0 Å². The molecular weight excluding hydrogens is 314 g/mol. The van der Waals surface area contributed by atoms with Crippen LogP contribution in [0.5, 0.6) is 0 Å². The fourth-order valence-corrected chi connectivity index (χ4v) is 3.68. The fourth-order valence-electron chi connectivity index (χ4n) is 2.82. The predicted octanol–water partition coefficient (Wildman–Crippen LogP) is 0.246. The number of rotatable bonds is 7. The molecule has 1 saturated carbocycles. The van der Waals surface area contributed by atoms with Crippen LogP contribution in [0.1, 0.15) is 25.0 Å². The summed E-state index contributed by atoms with van der Waals surface area (Å²) >= 11 is 0. The van der Waals surface area contributed by atoms with Crippen molar-refractivity contribution >= 4 is 16.0 Å². The first-order valence-electron chi connectivity index (χ1n) is 7.85. The van der Waals surface area contributed by atoms with Crippen molar-refractivity contribution in [1.82, 2.24) is 15.0 Å².